The first kappa shape index (κ1) is 20.7. The molecule has 1 aliphatic rings. The summed E-state index contributed by atoms with van der Waals surface area (Å²) < 4.78 is 4.71. The van der Waals surface area contributed by atoms with Gasteiger partial charge in [-0.15, -0.1) is 0 Å². The van der Waals surface area contributed by atoms with Crippen LogP contribution >= 0.6 is 0 Å². The van der Waals surface area contributed by atoms with E-state index in [0.717, 1.165) is 6.42 Å². The van der Waals surface area contributed by atoms with Gasteiger partial charge in [0.25, 0.3) is 0 Å². The number of aromatic nitrogens is 2. The molecular formula is C29H30N2. The molecule has 0 N–H and O–H groups in total. The molecule has 156 valence electrons. The molecule has 0 atom stereocenters. The minimum absolute atomic E-state index is 0.963. The lowest BCUT2D eigenvalue weighted by atomic mass is 10.0. The molecule has 0 radical (unpaired) electrons. The first-order valence-corrected chi connectivity index (χ1v) is 11.1. The summed E-state index contributed by atoms with van der Waals surface area (Å²) in [4.78, 5) is 0. The van der Waals surface area contributed by atoms with E-state index in [-0.39, 0.29) is 0 Å². The fourth-order valence-corrected chi connectivity index (χ4v) is 4.49. The van der Waals surface area contributed by atoms with Crippen molar-refractivity contribution in [1.82, 2.24) is 9.13 Å². The van der Waals surface area contributed by atoms with Gasteiger partial charge in [-0.25, -0.2) is 0 Å². The van der Waals surface area contributed by atoms with Gasteiger partial charge in [-0.1, -0.05) is 81.1 Å². The third-order valence-corrected chi connectivity index (χ3v) is 5.96. The molecule has 2 heterocycles. The Kier molecular flexibility index (Phi) is 5.81. The van der Waals surface area contributed by atoms with Crippen LogP contribution in [0.4, 0.5) is 0 Å². The zero-order valence-electron chi connectivity index (χ0n) is 18.9. The van der Waals surface area contributed by atoms with Crippen molar-refractivity contribution in [3.63, 3.8) is 0 Å². The SMILES string of the molecule is C=C/C=C\c1c(C)n(C)c2ccc3c4c(n(-c5ccccc5)c3c12)C=CCC=C4.CC. The van der Waals surface area contributed by atoms with E-state index < -0.39 is 0 Å². The summed E-state index contributed by atoms with van der Waals surface area (Å²) >= 11 is 0. The smallest absolute Gasteiger partial charge is 0.0641 e. The van der Waals surface area contributed by atoms with Crippen molar-refractivity contribution in [2.75, 3.05) is 0 Å². The van der Waals surface area contributed by atoms with Gasteiger partial charge in [-0.2, -0.15) is 0 Å². The molecule has 0 unspecified atom stereocenters. The standard InChI is InChI=1S/C27H24N2.C2H6/c1-4-5-14-21-19(2)28(3)25-18-17-23-22-15-10-7-11-16-24(22)29(27(23)26(21)25)20-12-8-6-9-13-20;1-2/h4-6,8-18H,1,7H2,2-3H3;1-2H3/b14-5-;. The molecule has 0 spiro atoms. The largest absolute Gasteiger partial charge is 0.347 e. The molecule has 0 bridgehead atoms. The van der Waals surface area contributed by atoms with Crippen LogP contribution in [0, 0.1) is 6.92 Å². The van der Waals surface area contributed by atoms with Gasteiger partial charge < -0.3 is 9.13 Å². The van der Waals surface area contributed by atoms with Crippen LogP contribution in [0.25, 0.3) is 45.7 Å². The molecule has 31 heavy (non-hydrogen) atoms. The summed E-state index contributed by atoms with van der Waals surface area (Å²) in [6.45, 7) is 10.1. The Morgan fingerprint density at radius 1 is 0.968 bits per heavy atom. The predicted molar refractivity (Wildman–Crippen MR) is 138 cm³/mol. The average Bonchev–Trinajstić information content (AvgIpc) is 3.11. The monoisotopic (exact) mass is 406 g/mol. The Morgan fingerprint density at radius 3 is 2.45 bits per heavy atom. The van der Waals surface area contributed by atoms with E-state index in [1.54, 1.807) is 0 Å². The highest BCUT2D eigenvalue weighted by Crippen LogP contribution is 2.40. The third-order valence-electron chi connectivity index (χ3n) is 5.96. The molecule has 1 aliphatic carbocycles. The molecule has 2 aromatic carbocycles. The second kappa shape index (κ2) is 8.69. The highest BCUT2D eigenvalue weighted by molar-refractivity contribution is 6.14. The molecule has 2 heteroatoms. The predicted octanol–water partition coefficient (Wildman–Crippen LogP) is 8.09. The van der Waals surface area contributed by atoms with Crippen LogP contribution in [0.1, 0.15) is 42.8 Å². The molecule has 0 saturated heterocycles. The van der Waals surface area contributed by atoms with Crippen molar-refractivity contribution in [1.29, 1.82) is 0 Å². The Morgan fingerprint density at radius 2 is 1.71 bits per heavy atom. The maximum Gasteiger partial charge on any atom is 0.0641 e. The van der Waals surface area contributed by atoms with Crippen molar-refractivity contribution in [2.24, 2.45) is 7.05 Å². The van der Waals surface area contributed by atoms with Gasteiger partial charge in [0.1, 0.15) is 0 Å². The van der Waals surface area contributed by atoms with Gasteiger partial charge in [0.05, 0.1) is 16.7 Å². The van der Waals surface area contributed by atoms with Gasteiger partial charge in [0.15, 0.2) is 0 Å². The van der Waals surface area contributed by atoms with Gasteiger partial charge in [0, 0.05) is 40.3 Å². The van der Waals surface area contributed by atoms with E-state index in [1.807, 2.05) is 26.0 Å². The number of hydrogen-bond acceptors (Lipinski definition) is 0. The second-order valence-corrected chi connectivity index (χ2v) is 7.52. The van der Waals surface area contributed by atoms with E-state index in [2.05, 4.69) is 103 Å². The minimum Gasteiger partial charge on any atom is -0.347 e. The summed E-state index contributed by atoms with van der Waals surface area (Å²) in [5.41, 5.74) is 8.75. The number of rotatable bonds is 3. The topological polar surface area (TPSA) is 9.86 Å². The van der Waals surface area contributed by atoms with E-state index in [0.29, 0.717) is 0 Å². The van der Waals surface area contributed by atoms with E-state index >= 15 is 0 Å². The highest BCUT2D eigenvalue weighted by atomic mass is 15.0. The number of fused-ring (bicyclic) bond motifs is 5. The van der Waals surface area contributed by atoms with Gasteiger partial charge >= 0.3 is 0 Å². The van der Waals surface area contributed by atoms with Crippen LogP contribution in [0.3, 0.4) is 0 Å². The molecular weight excluding hydrogens is 376 g/mol. The number of para-hydroxylation sites is 1. The van der Waals surface area contributed by atoms with Crippen molar-refractivity contribution in [3.05, 3.63) is 95.9 Å². The van der Waals surface area contributed by atoms with Crippen LogP contribution in [-0.4, -0.2) is 9.13 Å². The first-order valence-electron chi connectivity index (χ1n) is 11.1. The van der Waals surface area contributed by atoms with E-state index in [9.17, 15) is 0 Å². The normalized spacial score (nSPS) is 12.8. The van der Waals surface area contributed by atoms with Crippen molar-refractivity contribution < 1.29 is 0 Å². The first-order chi connectivity index (χ1) is 15.2. The summed E-state index contributed by atoms with van der Waals surface area (Å²) in [6, 6.07) is 15.2. The van der Waals surface area contributed by atoms with Crippen LogP contribution in [0.2, 0.25) is 0 Å². The summed E-state index contributed by atoms with van der Waals surface area (Å²) in [6.07, 6.45) is 16.1. The molecule has 0 fully saturated rings. The van der Waals surface area contributed by atoms with Gasteiger partial charge in [-0.05, 0) is 37.6 Å². The molecule has 0 aliphatic heterocycles. The Bertz CT molecular complexity index is 1340. The number of benzene rings is 2. The molecule has 0 saturated carbocycles. The van der Waals surface area contributed by atoms with Crippen molar-refractivity contribution in [2.45, 2.75) is 27.2 Å². The van der Waals surface area contributed by atoms with Gasteiger partial charge in [-0.3, -0.25) is 0 Å². The van der Waals surface area contributed by atoms with Crippen LogP contribution in [0.5, 0.6) is 0 Å². The Labute approximate surface area is 185 Å². The maximum atomic E-state index is 3.87. The van der Waals surface area contributed by atoms with Crippen LogP contribution in [0.15, 0.2) is 73.3 Å². The van der Waals surface area contributed by atoms with Gasteiger partial charge in [0.2, 0.25) is 0 Å². The Balaban J connectivity index is 0.00000112. The summed E-state index contributed by atoms with van der Waals surface area (Å²) in [5.74, 6) is 0. The minimum atomic E-state index is 0.963. The lowest BCUT2D eigenvalue weighted by Gasteiger charge is -2.10. The Hall–Kier alpha value is -3.52. The highest BCUT2D eigenvalue weighted by Gasteiger charge is 2.21. The fraction of sp³-hybridized carbons (Fsp3) is 0.172. The summed E-state index contributed by atoms with van der Waals surface area (Å²) in [7, 11) is 2.15. The molecule has 2 aromatic heterocycles. The maximum absolute atomic E-state index is 3.87. The lowest BCUT2D eigenvalue weighted by Crippen LogP contribution is -1.97. The molecule has 5 rings (SSSR count). The van der Waals surface area contributed by atoms with E-state index in [4.69, 9.17) is 0 Å². The zero-order chi connectivity index (χ0) is 22.0. The average molecular weight is 407 g/mol. The molecule has 0 amide bonds. The number of aryl methyl sites for hydroxylation is 1. The number of hydrogen-bond donors (Lipinski definition) is 0. The van der Waals surface area contributed by atoms with Crippen LogP contribution in [-0.2, 0) is 7.05 Å². The van der Waals surface area contributed by atoms with Crippen molar-refractivity contribution >= 4 is 40.0 Å². The zero-order valence-corrected chi connectivity index (χ0v) is 18.9. The third kappa shape index (κ3) is 3.29. The fourth-order valence-electron chi connectivity index (χ4n) is 4.49. The summed E-state index contributed by atoms with van der Waals surface area (Å²) in [5, 5.41) is 2.58. The number of allylic oxidation sites excluding steroid dienone is 4. The van der Waals surface area contributed by atoms with Crippen LogP contribution < -0.4 is 0 Å². The van der Waals surface area contributed by atoms with Crippen molar-refractivity contribution in [3.8, 4) is 5.69 Å². The lowest BCUT2D eigenvalue weighted by molar-refractivity contribution is 0.916. The van der Waals surface area contributed by atoms with E-state index in [1.165, 1.54) is 50.0 Å². The molecule has 4 aromatic rings. The quantitative estimate of drug-likeness (QED) is 0.304. The number of nitrogens with zero attached hydrogens (tertiary/aromatic N) is 2. The second-order valence-electron chi connectivity index (χ2n) is 7.52. The molecule has 2 nitrogen and oxygen atoms in total.